The van der Waals surface area contributed by atoms with E-state index in [1.165, 1.54) is 38.5 Å². The Balaban J connectivity index is 2.80. The van der Waals surface area contributed by atoms with Crippen LogP contribution in [-0.2, 0) is 0 Å². The van der Waals surface area contributed by atoms with Gasteiger partial charge in [0, 0.05) is 6.04 Å². The summed E-state index contributed by atoms with van der Waals surface area (Å²) in [4.78, 5) is 0. The number of rotatable bonds is 6. The van der Waals surface area contributed by atoms with Crippen LogP contribution in [0.4, 0.5) is 0 Å². The summed E-state index contributed by atoms with van der Waals surface area (Å²) < 4.78 is 0. The van der Waals surface area contributed by atoms with Crippen LogP contribution in [0.15, 0.2) is 0 Å². The average Bonchev–Trinajstić information content (AvgIpc) is 2.29. The van der Waals surface area contributed by atoms with Crippen molar-refractivity contribution < 1.29 is 0 Å². The fourth-order valence-electron chi connectivity index (χ4n) is 3.86. The Labute approximate surface area is 109 Å². The molecular formula is C16H33N. The molecule has 1 fully saturated rings. The molecule has 0 aromatic heterocycles. The second-order valence-corrected chi connectivity index (χ2v) is 6.50. The molecule has 17 heavy (non-hydrogen) atoms. The molecule has 1 aliphatic carbocycles. The smallest absolute Gasteiger partial charge is 0.0128 e. The van der Waals surface area contributed by atoms with Crippen LogP contribution >= 0.6 is 0 Å². The van der Waals surface area contributed by atoms with E-state index in [9.17, 15) is 0 Å². The van der Waals surface area contributed by atoms with Crippen molar-refractivity contribution >= 4 is 0 Å². The van der Waals surface area contributed by atoms with E-state index < -0.39 is 0 Å². The lowest BCUT2D eigenvalue weighted by Gasteiger charge is -2.46. The zero-order valence-corrected chi connectivity index (χ0v) is 12.7. The Kier molecular flexibility index (Phi) is 5.99. The molecule has 2 unspecified atom stereocenters. The molecule has 1 heteroatoms. The quantitative estimate of drug-likeness (QED) is 0.713. The summed E-state index contributed by atoms with van der Waals surface area (Å²) in [7, 11) is 0. The van der Waals surface area contributed by atoms with Gasteiger partial charge in [0.15, 0.2) is 0 Å². The van der Waals surface area contributed by atoms with E-state index in [0.717, 1.165) is 24.4 Å². The highest BCUT2D eigenvalue weighted by Crippen LogP contribution is 2.44. The van der Waals surface area contributed by atoms with Crippen LogP contribution in [0.5, 0.6) is 0 Å². The normalized spacial score (nSPS) is 26.1. The monoisotopic (exact) mass is 239 g/mol. The van der Waals surface area contributed by atoms with Crippen LogP contribution in [0.1, 0.15) is 73.1 Å². The first-order valence-electron chi connectivity index (χ1n) is 7.80. The number of hydrogen-bond acceptors (Lipinski definition) is 1. The van der Waals surface area contributed by atoms with Crippen molar-refractivity contribution in [1.29, 1.82) is 0 Å². The van der Waals surface area contributed by atoms with Crippen LogP contribution in [0.3, 0.4) is 0 Å². The van der Waals surface area contributed by atoms with Crippen molar-refractivity contribution in [3.63, 3.8) is 0 Å². The zero-order chi connectivity index (χ0) is 12.9. The number of nitrogens with one attached hydrogen (secondary N) is 1. The van der Waals surface area contributed by atoms with Crippen molar-refractivity contribution in [2.75, 3.05) is 6.54 Å². The first kappa shape index (κ1) is 15.0. The molecular weight excluding hydrogens is 206 g/mol. The van der Waals surface area contributed by atoms with E-state index in [1.807, 2.05) is 0 Å². The minimum absolute atomic E-state index is 0.535. The van der Waals surface area contributed by atoms with E-state index in [-0.39, 0.29) is 0 Å². The van der Waals surface area contributed by atoms with E-state index >= 15 is 0 Å². The third-order valence-corrected chi connectivity index (χ3v) is 5.02. The molecule has 0 saturated heterocycles. The molecule has 2 atom stereocenters. The van der Waals surface area contributed by atoms with Gasteiger partial charge in [0.25, 0.3) is 0 Å². The average molecular weight is 239 g/mol. The van der Waals surface area contributed by atoms with E-state index in [2.05, 4.69) is 39.9 Å². The van der Waals surface area contributed by atoms with Crippen molar-refractivity contribution in [2.24, 2.45) is 17.3 Å². The lowest BCUT2D eigenvalue weighted by Crippen LogP contribution is -2.48. The van der Waals surface area contributed by atoms with Crippen LogP contribution < -0.4 is 5.32 Å². The second-order valence-electron chi connectivity index (χ2n) is 6.50. The van der Waals surface area contributed by atoms with Crippen molar-refractivity contribution in [1.82, 2.24) is 5.32 Å². The number of hydrogen-bond donors (Lipinski definition) is 1. The maximum Gasteiger partial charge on any atom is 0.0128 e. The van der Waals surface area contributed by atoms with Crippen LogP contribution in [0.25, 0.3) is 0 Å². The van der Waals surface area contributed by atoms with Gasteiger partial charge in [0.05, 0.1) is 0 Å². The predicted molar refractivity (Wildman–Crippen MR) is 77.3 cm³/mol. The van der Waals surface area contributed by atoms with E-state index in [4.69, 9.17) is 0 Å². The van der Waals surface area contributed by atoms with Gasteiger partial charge in [0.1, 0.15) is 0 Å². The molecule has 0 spiro atoms. The molecule has 102 valence electrons. The minimum Gasteiger partial charge on any atom is -0.314 e. The Morgan fingerprint density at radius 1 is 1.12 bits per heavy atom. The fraction of sp³-hybridized carbons (Fsp3) is 1.00. The Bertz CT molecular complexity index is 206. The Morgan fingerprint density at radius 3 is 2.24 bits per heavy atom. The minimum atomic E-state index is 0.535. The molecule has 0 amide bonds. The fourth-order valence-corrected chi connectivity index (χ4v) is 3.86. The van der Waals surface area contributed by atoms with Crippen molar-refractivity contribution in [3.8, 4) is 0 Å². The highest BCUT2D eigenvalue weighted by atomic mass is 14.9. The van der Waals surface area contributed by atoms with Crippen LogP contribution in [0.2, 0.25) is 0 Å². The molecule has 0 aromatic carbocycles. The van der Waals surface area contributed by atoms with Gasteiger partial charge < -0.3 is 5.32 Å². The molecule has 0 radical (unpaired) electrons. The summed E-state index contributed by atoms with van der Waals surface area (Å²) >= 11 is 0. The molecule has 1 N–H and O–H groups in total. The van der Waals surface area contributed by atoms with Gasteiger partial charge >= 0.3 is 0 Å². The van der Waals surface area contributed by atoms with Gasteiger partial charge in [-0.05, 0) is 36.6 Å². The van der Waals surface area contributed by atoms with E-state index in [0.29, 0.717) is 5.41 Å². The molecule has 1 saturated carbocycles. The molecule has 0 aliphatic heterocycles. The standard InChI is InChI=1S/C16H33N/c1-6-13(7-2)15(17-8-3)14-11-9-10-12-16(14,4)5/h13-15,17H,6-12H2,1-5H3. The highest BCUT2D eigenvalue weighted by molar-refractivity contribution is 4.92. The summed E-state index contributed by atoms with van der Waals surface area (Å²) in [5.41, 5.74) is 0.535. The van der Waals surface area contributed by atoms with Crippen molar-refractivity contribution in [3.05, 3.63) is 0 Å². The lowest BCUT2D eigenvalue weighted by molar-refractivity contribution is 0.0713. The van der Waals surface area contributed by atoms with Crippen molar-refractivity contribution in [2.45, 2.75) is 79.2 Å². The Hall–Kier alpha value is -0.0400. The summed E-state index contributed by atoms with van der Waals surface area (Å²) in [6.45, 7) is 13.1. The summed E-state index contributed by atoms with van der Waals surface area (Å²) in [5, 5.41) is 3.81. The highest BCUT2D eigenvalue weighted by Gasteiger charge is 2.39. The SMILES string of the molecule is CCNC(C(CC)CC)C1CCCCC1(C)C. The predicted octanol–water partition coefficient (Wildman–Crippen LogP) is 4.62. The molecule has 0 heterocycles. The van der Waals surface area contributed by atoms with Gasteiger partial charge in [-0.2, -0.15) is 0 Å². The molecule has 0 bridgehead atoms. The van der Waals surface area contributed by atoms with Gasteiger partial charge in [-0.3, -0.25) is 0 Å². The summed E-state index contributed by atoms with van der Waals surface area (Å²) in [6, 6.07) is 0.741. The Morgan fingerprint density at radius 2 is 1.76 bits per heavy atom. The maximum absolute atomic E-state index is 3.81. The first-order chi connectivity index (χ1) is 8.06. The third-order valence-electron chi connectivity index (χ3n) is 5.02. The summed E-state index contributed by atoms with van der Waals surface area (Å²) in [6.07, 6.45) is 8.36. The molecule has 1 rings (SSSR count). The second kappa shape index (κ2) is 6.78. The topological polar surface area (TPSA) is 12.0 Å². The molecule has 0 aromatic rings. The largest absolute Gasteiger partial charge is 0.314 e. The van der Waals surface area contributed by atoms with Gasteiger partial charge in [0.2, 0.25) is 0 Å². The van der Waals surface area contributed by atoms with Gasteiger partial charge in [-0.25, -0.2) is 0 Å². The molecule has 1 aliphatic rings. The van der Waals surface area contributed by atoms with Gasteiger partial charge in [-0.15, -0.1) is 0 Å². The van der Waals surface area contributed by atoms with Crippen LogP contribution in [0, 0.1) is 17.3 Å². The molecule has 1 nitrogen and oxygen atoms in total. The lowest BCUT2D eigenvalue weighted by atomic mass is 9.63. The first-order valence-corrected chi connectivity index (χ1v) is 7.80. The third kappa shape index (κ3) is 3.71. The summed E-state index contributed by atoms with van der Waals surface area (Å²) in [5.74, 6) is 1.73. The van der Waals surface area contributed by atoms with Crippen LogP contribution in [-0.4, -0.2) is 12.6 Å². The zero-order valence-electron chi connectivity index (χ0n) is 12.7. The van der Waals surface area contributed by atoms with E-state index in [1.54, 1.807) is 0 Å². The van der Waals surface area contributed by atoms with Gasteiger partial charge in [-0.1, -0.05) is 60.3 Å². The maximum atomic E-state index is 3.81.